The molecule has 0 unspecified atom stereocenters. The van der Waals surface area contributed by atoms with Crippen LogP contribution in [0.2, 0.25) is 10.0 Å². The fourth-order valence-corrected chi connectivity index (χ4v) is 3.89. The van der Waals surface area contributed by atoms with Crippen LogP contribution in [-0.4, -0.2) is 23.1 Å². The maximum Gasteiger partial charge on any atom is 0.356 e. The summed E-state index contributed by atoms with van der Waals surface area (Å²) in [5, 5.41) is 4.67. The van der Waals surface area contributed by atoms with Crippen LogP contribution in [0.1, 0.15) is 10.5 Å². The van der Waals surface area contributed by atoms with E-state index in [1.54, 1.807) is 72.8 Å². The minimum Gasteiger partial charge on any atom is -0.451 e. The molecule has 1 amide bonds. The van der Waals surface area contributed by atoms with Gasteiger partial charge >= 0.3 is 5.97 Å². The molecule has 0 saturated carbocycles. The van der Waals surface area contributed by atoms with Gasteiger partial charge in [-0.2, -0.15) is 0 Å². The summed E-state index contributed by atoms with van der Waals surface area (Å²) >= 11 is 12.0. The number of anilines is 1. The van der Waals surface area contributed by atoms with Gasteiger partial charge in [0.2, 0.25) is 0 Å². The Morgan fingerprint density at radius 3 is 2.30 bits per heavy atom. The molecule has 3 aromatic carbocycles. The van der Waals surface area contributed by atoms with Gasteiger partial charge in [-0.05, 0) is 47.3 Å². The zero-order valence-electron chi connectivity index (χ0n) is 17.5. The number of halogens is 2. The number of nitrogens with zero attached hydrogens (tertiary/aromatic N) is 1. The number of hydrogen-bond donors (Lipinski definition) is 1. The predicted octanol–water partition coefficient (Wildman–Crippen LogP) is 5.31. The number of pyridine rings is 1. The quantitative estimate of drug-likeness (QED) is 0.392. The fraction of sp³-hybridized carbons (Fsp3) is 0.0800. The number of benzene rings is 3. The van der Waals surface area contributed by atoms with E-state index < -0.39 is 18.5 Å². The predicted molar refractivity (Wildman–Crippen MR) is 130 cm³/mol. The summed E-state index contributed by atoms with van der Waals surface area (Å²) in [6, 6.07) is 20.5. The standard InChI is InChI=1S/C25H18Cl2N2O4/c1-29-23(25(32)33-14-21(30)28-18-6-4-5-17(27)13-18)22(15-9-11-16(26)12-10-15)19-7-2-3-8-20(19)24(29)31/h2-13H,14H2,1H3,(H,28,30). The molecule has 0 spiro atoms. The monoisotopic (exact) mass is 480 g/mol. The highest BCUT2D eigenvalue weighted by Gasteiger charge is 2.23. The average molecular weight is 481 g/mol. The Morgan fingerprint density at radius 2 is 1.61 bits per heavy atom. The van der Waals surface area contributed by atoms with Gasteiger partial charge in [-0.25, -0.2) is 4.79 Å². The Bertz CT molecular complexity index is 1430. The maximum atomic E-state index is 13.1. The number of nitrogens with one attached hydrogen (secondary N) is 1. The zero-order chi connectivity index (χ0) is 23.5. The second-order valence-corrected chi connectivity index (χ2v) is 8.15. The summed E-state index contributed by atoms with van der Waals surface area (Å²) in [5.74, 6) is -1.34. The van der Waals surface area contributed by atoms with Gasteiger partial charge in [-0.3, -0.25) is 9.59 Å². The van der Waals surface area contributed by atoms with Crippen LogP contribution >= 0.6 is 23.2 Å². The van der Waals surface area contributed by atoms with Crippen LogP contribution in [0.15, 0.2) is 77.6 Å². The molecule has 1 N–H and O–H groups in total. The zero-order valence-corrected chi connectivity index (χ0v) is 19.0. The van der Waals surface area contributed by atoms with Gasteiger partial charge in [0.1, 0.15) is 5.69 Å². The van der Waals surface area contributed by atoms with Crippen molar-refractivity contribution in [2.45, 2.75) is 0 Å². The lowest BCUT2D eigenvalue weighted by Crippen LogP contribution is -2.28. The Hall–Kier alpha value is -3.61. The number of hydrogen-bond acceptors (Lipinski definition) is 4. The molecule has 8 heteroatoms. The molecule has 166 valence electrons. The third-order valence-corrected chi connectivity index (χ3v) is 5.56. The van der Waals surface area contributed by atoms with E-state index in [0.29, 0.717) is 37.6 Å². The number of aromatic nitrogens is 1. The number of rotatable bonds is 5. The molecule has 4 aromatic rings. The number of carbonyl (C=O) groups is 2. The van der Waals surface area contributed by atoms with E-state index in [4.69, 9.17) is 27.9 Å². The Balaban J connectivity index is 1.70. The van der Waals surface area contributed by atoms with E-state index in [-0.39, 0.29) is 11.3 Å². The van der Waals surface area contributed by atoms with Crippen LogP contribution in [0.4, 0.5) is 5.69 Å². The van der Waals surface area contributed by atoms with E-state index in [1.807, 2.05) is 0 Å². The van der Waals surface area contributed by atoms with Gasteiger partial charge in [-0.15, -0.1) is 0 Å². The van der Waals surface area contributed by atoms with Crippen molar-refractivity contribution in [1.29, 1.82) is 0 Å². The van der Waals surface area contributed by atoms with Crippen LogP contribution < -0.4 is 10.9 Å². The molecular weight excluding hydrogens is 463 g/mol. The largest absolute Gasteiger partial charge is 0.451 e. The minimum atomic E-state index is -0.799. The summed E-state index contributed by atoms with van der Waals surface area (Å²) in [6.07, 6.45) is 0. The first-order valence-electron chi connectivity index (χ1n) is 9.95. The smallest absolute Gasteiger partial charge is 0.356 e. The summed E-state index contributed by atoms with van der Waals surface area (Å²) < 4.78 is 6.53. The van der Waals surface area contributed by atoms with E-state index in [9.17, 15) is 14.4 Å². The van der Waals surface area contributed by atoms with E-state index in [2.05, 4.69) is 5.32 Å². The van der Waals surface area contributed by atoms with Crippen LogP contribution in [0.25, 0.3) is 21.9 Å². The number of fused-ring (bicyclic) bond motifs is 1. The lowest BCUT2D eigenvalue weighted by Gasteiger charge is -2.17. The first-order valence-corrected chi connectivity index (χ1v) is 10.7. The van der Waals surface area contributed by atoms with Crippen LogP contribution in [-0.2, 0) is 16.6 Å². The van der Waals surface area contributed by atoms with Gasteiger partial charge in [-0.1, -0.05) is 59.6 Å². The van der Waals surface area contributed by atoms with Crippen molar-refractivity contribution in [1.82, 2.24) is 4.57 Å². The van der Waals surface area contributed by atoms with Crippen LogP contribution in [0.3, 0.4) is 0 Å². The summed E-state index contributed by atoms with van der Waals surface area (Å²) in [6.45, 7) is -0.535. The molecule has 1 heterocycles. The number of amides is 1. The fourth-order valence-electron chi connectivity index (χ4n) is 3.58. The molecule has 0 atom stereocenters. The molecule has 0 aliphatic rings. The van der Waals surface area contributed by atoms with Gasteiger partial charge in [0.15, 0.2) is 6.61 Å². The highest BCUT2D eigenvalue weighted by atomic mass is 35.5. The Kier molecular flexibility index (Phi) is 6.49. The van der Waals surface area contributed by atoms with Crippen molar-refractivity contribution in [3.63, 3.8) is 0 Å². The lowest BCUT2D eigenvalue weighted by molar-refractivity contribution is -0.119. The molecule has 0 saturated heterocycles. The molecule has 0 radical (unpaired) electrons. The highest BCUT2D eigenvalue weighted by Crippen LogP contribution is 2.31. The molecule has 0 bridgehead atoms. The van der Waals surface area contributed by atoms with Gasteiger partial charge in [0, 0.05) is 33.7 Å². The normalized spacial score (nSPS) is 10.8. The molecule has 0 aliphatic carbocycles. The maximum absolute atomic E-state index is 13.1. The number of ether oxygens (including phenoxy) is 1. The third kappa shape index (κ3) is 4.77. The van der Waals surface area contributed by atoms with Crippen molar-refractivity contribution in [2.24, 2.45) is 7.05 Å². The minimum absolute atomic E-state index is 0.0385. The van der Waals surface area contributed by atoms with Crippen LogP contribution in [0.5, 0.6) is 0 Å². The molecule has 1 aromatic heterocycles. The highest BCUT2D eigenvalue weighted by molar-refractivity contribution is 6.31. The van der Waals surface area contributed by atoms with Crippen molar-refractivity contribution >= 4 is 51.5 Å². The SMILES string of the molecule is Cn1c(C(=O)OCC(=O)Nc2cccc(Cl)c2)c(-c2ccc(Cl)cc2)c2ccccc2c1=O. The van der Waals surface area contributed by atoms with Crippen molar-refractivity contribution in [3.05, 3.63) is 98.9 Å². The van der Waals surface area contributed by atoms with E-state index >= 15 is 0 Å². The lowest BCUT2D eigenvalue weighted by atomic mass is 9.97. The third-order valence-electron chi connectivity index (χ3n) is 5.07. The molecule has 6 nitrogen and oxygen atoms in total. The van der Waals surface area contributed by atoms with Gasteiger partial charge in [0.25, 0.3) is 11.5 Å². The molecule has 4 rings (SSSR count). The Morgan fingerprint density at radius 1 is 0.909 bits per heavy atom. The molecular formula is C25H18Cl2N2O4. The number of carbonyl (C=O) groups excluding carboxylic acids is 2. The first kappa shape index (κ1) is 22.6. The Labute approximate surface area is 199 Å². The second kappa shape index (κ2) is 9.48. The summed E-state index contributed by atoms with van der Waals surface area (Å²) in [7, 11) is 1.50. The van der Waals surface area contributed by atoms with Gasteiger partial charge < -0.3 is 14.6 Å². The first-order chi connectivity index (χ1) is 15.8. The molecule has 33 heavy (non-hydrogen) atoms. The van der Waals surface area contributed by atoms with Crippen molar-refractivity contribution in [2.75, 3.05) is 11.9 Å². The molecule has 0 fully saturated rings. The molecule has 0 aliphatic heterocycles. The topological polar surface area (TPSA) is 77.4 Å². The number of esters is 1. The van der Waals surface area contributed by atoms with Crippen molar-refractivity contribution in [3.8, 4) is 11.1 Å². The van der Waals surface area contributed by atoms with Crippen molar-refractivity contribution < 1.29 is 14.3 Å². The van der Waals surface area contributed by atoms with Crippen LogP contribution in [0, 0.1) is 0 Å². The second-order valence-electron chi connectivity index (χ2n) is 7.27. The summed E-state index contributed by atoms with van der Waals surface area (Å²) in [5.41, 5.74) is 1.37. The van der Waals surface area contributed by atoms with E-state index in [1.165, 1.54) is 11.6 Å². The van der Waals surface area contributed by atoms with E-state index in [0.717, 1.165) is 0 Å². The summed E-state index contributed by atoms with van der Waals surface area (Å²) in [4.78, 5) is 38.4. The average Bonchev–Trinajstić information content (AvgIpc) is 2.80. The van der Waals surface area contributed by atoms with Gasteiger partial charge in [0.05, 0.1) is 0 Å².